The average Bonchev–Trinajstić information content (AvgIpc) is 2.63. The summed E-state index contributed by atoms with van der Waals surface area (Å²) in [4.78, 5) is 26.3. The molecule has 130 valence electrons. The molecule has 25 heavy (non-hydrogen) atoms. The number of para-hydroxylation sites is 1. The van der Waals surface area contributed by atoms with E-state index in [0.29, 0.717) is 11.4 Å². The quantitative estimate of drug-likeness (QED) is 0.819. The van der Waals surface area contributed by atoms with Gasteiger partial charge in [0.25, 0.3) is 0 Å². The van der Waals surface area contributed by atoms with E-state index in [-0.39, 0.29) is 18.2 Å². The van der Waals surface area contributed by atoms with Crippen LogP contribution in [-0.2, 0) is 9.59 Å². The monoisotopic (exact) mass is 337 g/mol. The fourth-order valence-electron chi connectivity index (χ4n) is 2.99. The Morgan fingerprint density at radius 3 is 1.92 bits per heavy atom. The van der Waals surface area contributed by atoms with Crippen LogP contribution in [0.25, 0.3) is 0 Å². The Bertz CT molecular complexity index is 707. The SMILES string of the molecule is O=C(CC(=O)Nc1ccc(N2CCCCC2)cc1)Nc1ccccc1. The highest BCUT2D eigenvalue weighted by Crippen LogP contribution is 2.21. The molecule has 1 aliphatic heterocycles. The molecule has 0 spiro atoms. The Balaban J connectivity index is 1.49. The van der Waals surface area contributed by atoms with Gasteiger partial charge in [-0.15, -0.1) is 0 Å². The molecule has 5 heteroatoms. The van der Waals surface area contributed by atoms with Crippen molar-refractivity contribution in [2.75, 3.05) is 28.6 Å². The van der Waals surface area contributed by atoms with Crippen LogP contribution in [-0.4, -0.2) is 24.9 Å². The molecule has 2 amide bonds. The molecule has 1 saturated heterocycles. The molecule has 0 unspecified atom stereocenters. The van der Waals surface area contributed by atoms with Gasteiger partial charge in [-0.25, -0.2) is 0 Å². The predicted molar refractivity (Wildman–Crippen MR) is 101 cm³/mol. The van der Waals surface area contributed by atoms with Crippen molar-refractivity contribution in [3.05, 3.63) is 54.6 Å². The molecular weight excluding hydrogens is 314 g/mol. The third kappa shape index (κ3) is 5.08. The summed E-state index contributed by atoms with van der Waals surface area (Å²) in [7, 11) is 0. The molecule has 0 bridgehead atoms. The normalized spacial score (nSPS) is 14.0. The van der Waals surface area contributed by atoms with Crippen molar-refractivity contribution in [3.8, 4) is 0 Å². The lowest BCUT2D eigenvalue weighted by atomic mass is 10.1. The van der Waals surface area contributed by atoms with Crippen LogP contribution in [0.3, 0.4) is 0 Å². The number of anilines is 3. The number of rotatable bonds is 5. The molecule has 0 aliphatic carbocycles. The summed E-state index contributed by atoms with van der Waals surface area (Å²) < 4.78 is 0. The van der Waals surface area contributed by atoms with Crippen molar-refractivity contribution < 1.29 is 9.59 Å². The highest BCUT2D eigenvalue weighted by molar-refractivity contribution is 6.08. The van der Waals surface area contributed by atoms with Crippen LogP contribution >= 0.6 is 0 Å². The molecule has 0 saturated carbocycles. The first-order valence-corrected chi connectivity index (χ1v) is 8.70. The Labute approximate surface area is 148 Å². The summed E-state index contributed by atoms with van der Waals surface area (Å²) in [5.41, 5.74) is 2.57. The van der Waals surface area contributed by atoms with Crippen molar-refractivity contribution >= 4 is 28.9 Å². The number of benzene rings is 2. The van der Waals surface area contributed by atoms with Crippen molar-refractivity contribution in [2.45, 2.75) is 25.7 Å². The van der Waals surface area contributed by atoms with Gasteiger partial charge in [0.15, 0.2) is 0 Å². The fraction of sp³-hybridized carbons (Fsp3) is 0.300. The number of carbonyl (C=O) groups is 2. The summed E-state index contributed by atoms with van der Waals surface area (Å²) in [6.45, 7) is 2.18. The lowest BCUT2D eigenvalue weighted by Crippen LogP contribution is -2.29. The predicted octanol–water partition coefficient (Wildman–Crippen LogP) is 3.64. The van der Waals surface area contributed by atoms with E-state index >= 15 is 0 Å². The lowest BCUT2D eigenvalue weighted by Gasteiger charge is -2.28. The summed E-state index contributed by atoms with van der Waals surface area (Å²) in [6, 6.07) is 16.9. The number of piperidine rings is 1. The van der Waals surface area contributed by atoms with Gasteiger partial charge in [-0.1, -0.05) is 18.2 Å². The molecule has 0 atom stereocenters. The Morgan fingerprint density at radius 2 is 1.32 bits per heavy atom. The third-order valence-electron chi connectivity index (χ3n) is 4.25. The van der Waals surface area contributed by atoms with Crippen LogP contribution in [0.1, 0.15) is 25.7 Å². The number of nitrogens with one attached hydrogen (secondary N) is 2. The van der Waals surface area contributed by atoms with E-state index in [0.717, 1.165) is 13.1 Å². The maximum atomic E-state index is 12.0. The molecule has 5 nitrogen and oxygen atoms in total. The van der Waals surface area contributed by atoms with Crippen molar-refractivity contribution in [1.29, 1.82) is 0 Å². The van der Waals surface area contributed by atoms with Gasteiger partial charge in [-0.3, -0.25) is 9.59 Å². The molecule has 3 rings (SSSR count). The van der Waals surface area contributed by atoms with E-state index in [1.807, 2.05) is 42.5 Å². The molecule has 1 aliphatic rings. The third-order valence-corrected chi connectivity index (χ3v) is 4.25. The first kappa shape index (κ1) is 17.0. The zero-order chi connectivity index (χ0) is 17.5. The number of amides is 2. The molecule has 2 aromatic rings. The van der Waals surface area contributed by atoms with Gasteiger partial charge >= 0.3 is 0 Å². The standard InChI is InChI=1S/C20H23N3O2/c24-19(21-16-7-3-1-4-8-16)15-20(25)22-17-9-11-18(12-10-17)23-13-5-2-6-14-23/h1,3-4,7-12H,2,5-6,13-15H2,(H,21,24)(H,22,25). The van der Waals surface area contributed by atoms with Crippen LogP contribution in [0.2, 0.25) is 0 Å². The number of nitrogens with zero attached hydrogens (tertiary/aromatic N) is 1. The maximum Gasteiger partial charge on any atom is 0.233 e. The van der Waals surface area contributed by atoms with Crippen LogP contribution in [0, 0.1) is 0 Å². The van der Waals surface area contributed by atoms with Gasteiger partial charge in [0.2, 0.25) is 11.8 Å². The molecule has 2 aromatic carbocycles. The van der Waals surface area contributed by atoms with Crippen molar-refractivity contribution in [2.24, 2.45) is 0 Å². The highest BCUT2D eigenvalue weighted by atomic mass is 16.2. The van der Waals surface area contributed by atoms with E-state index in [9.17, 15) is 9.59 Å². The molecule has 0 aromatic heterocycles. The van der Waals surface area contributed by atoms with E-state index in [1.54, 1.807) is 12.1 Å². The molecule has 0 radical (unpaired) electrons. The second kappa shape index (κ2) is 8.33. The number of carbonyl (C=O) groups excluding carboxylic acids is 2. The molecule has 1 fully saturated rings. The molecular formula is C20H23N3O2. The minimum Gasteiger partial charge on any atom is -0.372 e. The Kier molecular flexibility index (Phi) is 5.67. The first-order valence-electron chi connectivity index (χ1n) is 8.70. The Morgan fingerprint density at radius 1 is 0.760 bits per heavy atom. The van der Waals surface area contributed by atoms with E-state index in [4.69, 9.17) is 0 Å². The average molecular weight is 337 g/mol. The number of hydrogen-bond donors (Lipinski definition) is 2. The maximum absolute atomic E-state index is 12.0. The van der Waals surface area contributed by atoms with Crippen molar-refractivity contribution in [1.82, 2.24) is 0 Å². The Hall–Kier alpha value is -2.82. The zero-order valence-corrected chi connectivity index (χ0v) is 14.2. The smallest absolute Gasteiger partial charge is 0.233 e. The van der Waals surface area contributed by atoms with Gasteiger partial charge < -0.3 is 15.5 Å². The van der Waals surface area contributed by atoms with Gasteiger partial charge in [-0.2, -0.15) is 0 Å². The second-order valence-electron chi connectivity index (χ2n) is 6.23. The number of hydrogen-bond acceptors (Lipinski definition) is 3. The summed E-state index contributed by atoms with van der Waals surface area (Å²) in [5.74, 6) is -0.646. The molecule has 2 N–H and O–H groups in total. The first-order chi connectivity index (χ1) is 12.2. The van der Waals surface area contributed by atoms with E-state index in [1.165, 1.54) is 24.9 Å². The van der Waals surface area contributed by atoms with Crippen LogP contribution in [0.4, 0.5) is 17.1 Å². The van der Waals surface area contributed by atoms with Crippen LogP contribution < -0.4 is 15.5 Å². The summed E-state index contributed by atoms with van der Waals surface area (Å²) >= 11 is 0. The zero-order valence-electron chi connectivity index (χ0n) is 14.2. The van der Waals surface area contributed by atoms with E-state index < -0.39 is 0 Å². The molecule has 1 heterocycles. The van der Waals surface area contributed by atoms with E-state index in [2.05, 4.69) is 15.5 Å². The van der Waals surface area contributed by atoms with Gasteiger partial charge in [-0.05, 0) is 55.7 Å². The van der Waals surface area contributed by atoms with Gasteiger partial charge in [0, 0.05) is 30.2 Å². The minimum absolute atomic E-state index is 0.206. The van der Waals surface area contributed by atoms with Crippen molar-refractivity contribution in [3.63, 3.8) is 0 Å². The minimum atomic E-state index is -0.325. The van der Waals surface area contributed by atoms with Gasteiger partial charge in [0.05, 0.1) is 0 Å². The second-order valence-corrected chi connectivity index (χ2v) is 6.23. The topological polar surface area (TPSA) is 61.4 Å². The highest BCUT2D eigenvalue weighted by Gasteiger charge is 2.12. The largest absolute Gasteiger partial charge is 0.372 e. The summed E-state index contributed by atoms with van der Waals surface area (Å²) in [6.07, 6.45) is 3.56. The van der Waals surface area contributed by atoms with Gasteiger partial charge in [0.1, 0.15) is 6.42 Å². The summed E-state index contributed by atoms with van der Waals surface area (Å²) in [5, 5.41) is 5.47. The fourth-order valence-corrected chi connectivity index (χ4v) is 2.99. The lowest BCUT2D eigenvalue weighted by molar-refractivity contribution is -0.123. The van der Waals surface area contributed by atoms with Crippen LogP contribution in [0.15, 0.2) is 54.6 Å². The van der Waals surface area contributed by atoms with Crippen LogP contribution in [0.5, 0.6) is 0 Å².